The summed E-state index contributed by atoms with van der Waals surface area (Å²) < 4.78 is 36.1. The molecule has 0 radical (unpaired) electrons. The number of benzene rings is 2. The van der Waals surface area contributed by atoms with Crippen molar-refractivity contribution in [3.63, 3.8) is 0 Å². The number of halogens is 1. The Morgan fingerprint density at radius 3 is 2.56 bits per heavy atom. The molecule has 4 rings (SSSR count). The molecule has 1 aliphatic heterocycles. The highest BCUT2D eigenvalue weighted by Crippen LogP contribution is 2.31. The summed E-state index contributed by atoms with van der Waals surface area (Å²) in [5.41, 5.74) is 0.495. The molecule has 140 valence electrons. The summed E-state index contributed by atoms with van der Waals surface area (Å²) in [7, 11) is -1.98. The number of furan rings is 1. The lowest BCUT2D eigenvalue weighted by atomic mass is 10.2. The van der Waals surface area contributed by atoms with E-state index in [2.05, 4.69) is 0 Å². The molecule has 1 fully saturated rings. The fourth-order valence-electron chi connectivity index (χ4n) is 3.08. The number of sulfone groups is 1. The van der Waals surface area contributed by atoms with E-state index in [-0.39, 0.29) is 29.7 Å². The predicted molar refractivity (Wildman–Crippen MR) is 101 cm³/mol. The van der Waals surface area contributed by atoms with Crippen molar-refractivity contribution in [1.82, 2.24) is 4.90 Å². The lowest BCUT2D eigenvalue weighted by Crippen LogP contribution is -2.56. The van der Waals surface area contributed by atoms with Gasteiger partial charge < -0.3 is 14.1 Å². The van der Waals surface area contributed by atoms with Gasteiger partial charge in [-0.25, -0.2) is 8.42 Å². The van der Waals surface area contributed by atoms with Crippen molar-refractivity contribution in [2.45, 2.75) is 10.1 Å². The number of likely N-dealkylation sites (tertiary alicyclic amines) is 1. The first kappa shape index (κ1) is 17.9. The van der Waals surface area contributed by atoms with E-state index < -0.39 is 15.1 Å². The largest absolute Gasteiger partial charge is 0.493 e. The van der Waals surface area contributed by atoms with Gasteiger partial charge in [-0.15, -0.1) is 0 Å². The number of hydrogen-bond donors (Lipinski definition) is 0. The Hall–Kier alpha value is -2.51. The summed E-state index contributed by atoms with van der Waals surface area (Å²) in [5, 5.41) is 0.588. The standard InChI is InChI=1S/C19H16ClNO5S/c1-25-16-4-2-3-12-9-17(26-18(12)16)19(22)21-10-15(11-21)27(23,24)14-7-5-13(20)6-8-14/h2-9,15H,10-11H2,1H3. The smallest absolute Gasteiger partial charge is 0.289 e. The van der Waals surface area contributed by atoms with Gasteiger partial charge in [-0.3, -0.25) is 4.79 Å². The topological polar surface area (TPSA) is 76.8 Å². The van der Waals surface area contributed by atoms with Gasteiger partial charge in [0.25, 0.3) is 5.91 Å². The number of methoxy groups -OCH3 is 1. The van der Waals surface area contributed by atoms with Crippen molar-refractivity contribution in [3.8, 4) is 5.75 Å². The van der Waals surface area contributed by atoms with Gasteiger partial charge in [0.05, 0.1) is 12.0 Å². The third-order valence-electron chi connectivity index (χ3n) is 4.65. The van der Waals surface area contributed by atoms with Gasteiger partial charge in [0, 0.05) is 23.5 Å². The summed E-state index contributed by atoms with van der Waals surface area (Å²) in [6, 6.07) is 13.1. The molecule has 8 heteroatoms. The van der Waals surface area contributed by atoms with E-state index >= 15 is 0 Å². The average Bonchev–Trinajstić information content (AvgIpc) is 3.04. The van der Waals surface area contributed by atoms with E-state index in [4.69, 9.17) is 20.8 Å². The van der Waals surface area contributed by atoms with Crippen LogP contribution < -0.4 is 4.74 Å². The summed E-state index contributed by atoms with van der Waals surface area (Å²) in [6.45, 7) is 0.246. The van der Waals surface area contributed by atoms with Crippen LogP contribution in [-0.4, -0.2) is 44.7 Å². The third kappa shape index (κ3) is 3.07. The lowest BCUT2D eigenvalue weighted by molar-refractivity contribution is 0.0628. The highest BCUT2D eigenvalue weighted by molar-refractivity contribution is 7.92. The van der Waals surface area contributed by atoms with Crippen LogP contribution in [0.15, 0.2) is 57.8 Å². The Labute approximate surface area is 161 Å². The SMILES string of the molecule is COc1cccc2cc(C(=O)N3CC(S(=O)(=O)c4ccc(Cl)cc4)C3)oc12. The van der Waals surface area contributed by atoms with E-state index in [0.717, 1.165) is 5.39 Å². The second kappa shape index (κ2) is 6.58. The van der Waals surface area contributed by atoms with Crippen LogP contribution in [0, 0.1) is 0 Å². The first-order valence-electron chi connectivity index (χ1n) is 8.25. The second-order valence-corrected chi connectivity index (χ2v) is 8.98. The van der Waals surface area contributed by atoms with Crippen molar-refractivity contribution < 1.29 is 22.4 Å². The van der Waals surface area contributed by atoms with Gasteiger partial charge in [-0.1, -0.05) is 23.7 Å². The fourth-order valence-corrected chi connectivity index (χ4v) is 4.85. The molecule has 0 bridgehead atoms. The minimum Gasteiger partial charge on any atom is -0.493 e. The molecular formula is C19H16ClNO5S. The Morgan fingerprint density at radius 1 is 1.19 bits per heavy atom. The molecule has 6 nitrogen and oxygen atoms in total. The minimum absolute atomic E-state index is 0.123. The van der Waals surface area contributed by atoms with Crippen LogP contribution in [0.5, 0.6) is 5.75 Å². The molecule has 2 aromatic carbocycles. The Kier molecular flexibility index (Phi) is 4.36. The van der Waals surface area contributed by atoms with E-state index in [0.29, 0.717) is 16.4 Å². The zero-order valence-electron chi connectivity index (χ0n) is 14.4. The molecule has 0 atom stereocenters. The van der Waals surface area contributed by atoms with E-state index in [1.165, 1.54) is 36.3 Å². The number of ether oxygens (including phenoxy) is 1. The quantitative estimate of drug-likeness (QED) is 0.665. The van der Waals surface area contributed by atoms with Gasteiger partial charge in [0.1, 0.15) is 5.25 Å². The maximum atomic E-state index is 12.6. The van der Waals surface area contributed by atoms with Crippen LogP contribution in [0.2, 0.25) is 5.02 Å². The summed E-state index contributed by atoms with van der Waals surface area (Å²) in [5.74, 6) is 0.367. The molecule has 0 unspecified atom stereocenters. The number of fused-ring (bicyclic) bond motifs is 1. The highest BCUT2D eigenvalue weighted by Gasteiger charge is 2.41. The summed E-state index contributed by atoms with van der Waals surface area (Å²) in [4.78, 5) is 14.3. The maximum Gasteiger partial charge on any atom is 0.289 e. The number of hydrogen-bond acceptors (Lipinski definition) is 5. The molecule has 0 aliphatic carbocycles. The van der Waals surface area contributed by atoms with Gasteiger partial charge >= 0.3 is 0 Å². The fraction of sp³-hybridized carbons (Fsp3) is 0.211. The molecule has 1 saturated heterocycles. The monoisotopic (exact) mass is 405 g/mol. The van der Waals surface area contributed by atoms with E-state index in [9.17, 15) is 13.2 Å². The number of rotatable bonds is 4. The van der Waals surface area contributed by atoms with E-state index in [1.807, 2.05) is 12.1 Å². The Bertz CT molecular complexity index is 1110. The summed E-state index contributed by atoms with van der Waals surface area (Å²) >= 11 is 5.81. The van der Waals surface area contributed by atoms with Crippen LogP contribution in [-0.2, 0) is 9.84 Å². The van der Waals surface area contributed by atoms with Crippen LogP contribution in [0.3, 0.4) is 0 Å². The Balaban J connectivity index is 1.51. The van der Waals surface area contributed by atoms with E-state index in [1.54, 1.807) is 12.1 Å². The first-order valence-corrected chi connectivity index (χ1v) is 10.2. The van der Waals surface area contributed by atoms with Gasteiger partial charge in [0.15, 0.2) is 26.9 Å². The zero-order valence-corrected chi connectivity index (χ0v) is 16.0. The van der Waals surface area contributed by atoms with Crippen molar-refractivity contribution in [3.05, 3.63) is 59.3 Å². The third-order valence-corrected chi connectivity index (χ3v) is 7.01. The Morgan fingerprint density at radius 2 is 1.89 bits per heavy atom. The lowest BCUT2D eigenvalue weighted by Gasteiger charge is -2.38. The normalized spacial score (nSPS) is 15.0. The van der Waals surface area contributed by atoms with Crippen LogP contribution in [0.1, 0.15) is 10.6 Å². The first-order chi connectivity index (χ1) is 12.9. The van der Waals surface area contributed by atoms with Crippen molar-refractivity contribution >= 4 is 38.3 Å². The summed E-state index contributed by atoms with van der Waals surface area (Å²) in [6.07, 6.45) is 0. The van der Waals surface area contributed by atoms with Crippen molar-refractivity contribution in [1.29, 1.82) is 0 Å². The van der Waals surface area contributed by atoms with Gasteiger partial charge in [-0.2, -0.15) is 0 Å². The molecule has 0 spiro atoms. The molecule has 0 saturated carbocycles. The molecule has 2 heterocycles. The highest BCUT2D eigenvalue weighted by atomic mass is 35.5. The molecule has 3 aromatic rings. The van der Waals surface area contributed by atoms with Crippen LogP contribution in [0.25, 0.3) is 11.0 Å². The second-order valence-electron chi connectivity index (χ2n) is 6.32. The minimum atomic E-state index is -3.51. The van der Waals surface area contributed by atoms with Crippen molar-refractivity contribution in [2.75, 3.05) is 20.2 Å². The molecule has 0 N–H and O–H groups in total. The maximum absolute atomic E-state index is 12.6. The number of para-hydroxylation sites is 1. The predicted octanol–water partition coefficient (Wildman–Crippen LogP) is 3.39. The number of carbonyl (C=O) groups is 1. The molecular weight excluding hydrogens is 390 g/mol. The molecule has 1 amide bonds. The van der Waals surface area contributed by atoms with Crippen molar-refractivity contribution in [2.24, 2.45) is 0 Å². The van der Waals surface area contributed by atoms with Crippen LogP contribution in [0.4, 0.5) is 0 Å². The van der Waals surface area contributed by atoms with Gasteiger partial charge in [-0.05, 0) is 36.4 Å². The molecule has 27 heavy (non-hydrogen) atoms. The number of amides is 1. The zero-order chi connectivity index (χ0) is 19.2. The van der Waals surface area contributed by atoms with Crippen LogP contribution >= 0.6 is 11.6 Å². The molecule has 1 aliphatic rings. The number of nitrogens with zero attached hydrogens (tertiary/aromatic N) is 1. The van der Waals surface area contributed by atoms with Gasteiger partial charge in [0.2, 0.25) is 0 Å². The molecule has 1 aromatic heterocycles. The number of carbonyl (C=O) groups excluding carboxylic acids is 1. The average molecular weight is 406 g/mol.